The van der Waals surface area contributed by atoms with Crippen molar-refractivity contribution in [1.82, 2.24) is 10.2 Å². The predicted molar refractivity (Wildman–Crippen MR) is 129 cm³/mol. The van der Waals surface area contributed by atoms with Crippen LogP contribution in [0.25, 0.3) is 16.8 Å². The Bertz CT molecular complexity index is 1140. The van der Waals surface area contributed by atoms with Crippen LogP contribution in [0.5, 0.6) is 0 Å². The number of aliphatic hydroxyl groups is 4. The Balaban J connectivity index is 1.49. The van der Waals surface area contributed by atoms with Crippen LogP contribution in [0.15, 0.2) is 42.0 Å². The molecule has 2 saturated heterocycles. The molecule has 0 saturated carbocycles. The number of fused-ring (bicyclic) bond motifs is 1. The number of hydrogen-bond acceptors (Lipinski definition) is 9. The Labute approximate surface area is 203 Å². The lowest BCUT2D eigenvalue weighted by atomic mass is 9.96. The first-order valence-corrected chi connectivity index (χ1v) is 11.5. The molecule has 5 atom stereocenters. The summed E-state index contributed by atoms with van der Waals surface area (Å²) in [5.74, 6) is -0.834. The monoisotopic (exact) mass is 482 g/mol. The van der Waals surface area contributed by atoms with Gasteiger partial charge in [-0.05, 0) is 47.7 Å². The van der Waals surface area contributed by atoms with Crippen LogP contribution in [0.1, 0.15) is 5.56 Å². The van der Waals surface area contributed by atoms with Gasteiger partial charge in [0.15, 0.2) is 6.29 Å². The Kier molecular flexibility index (Phi) is 7.66. The zero-order valence-corrected chi connectivity index (χ0v) is 19.4. The van der Waals surface area contributed by atoms with Crippen molar-refractivity contribution in [3.8, 4) is 6.07 Å². The van der Waals surface area contributed by atoms with Crippen LogP contribution in [0, 0.1) is 11.3 Å². The van der Waals surface area contributed by atoms with Crippen molar-refractivity contribution >= 4 is 28.4 Å². The number of rotatable bonds is 5. The third kappa shape index (κ3) is 5.46. The highest BCUT2D eigenvalue weighted by atomic mass is 16.6. The number of nitriles is 1. The summed E-state index contributed by atoms with van der Waals surface area (Å²) < 4.78 is 5.04. The fourth-order valence-electron chi connectivity index (χ4n) is 4.40. The molecular weight excluding hydrogens is 452 g/mol. The summed E-state index contributed by atoms with van der Waals surface area (Å²) in [7, 11) is 2.12. The Morgan fingerprint density at radius 2 is 1.80 bits per heavy atom. The molecule has 2 aliphatic rings. The molecular formula is C25H30N4O6. The zero-order valence-electron chi connectivity index (χ0n) is 19.4. The molecule has 0 bridgehead atoms. The molecule has 0 aliphatic carbocycles. The fourth-order valence-corrected chi connectivity index (χ4v) is 4.40. The maximum Gasteiger partial charge on any atom is 0.262 e. The third-order valence-electron chi connectivity index (χ3n) is 6.59. The number of likely N-dealkylation sites (N-methyl/N-ethyl adjacent to an activating group) is 1. The van der Waals surface area contributed by atoms with Crippen molar-refractivity contribution in [3.63, 3.8) is 0 Å². The second kappa shape index (κ2) is 10.7. The molecule has 1 unspecified atom stereocenters. The minimum Gasteiger partial charge on any atom is -0.394 e. The van der Waals surface area contributed by atoms with Gasteiger partial charge in [0.1, 0.15) is 36.0 Å². The average Bonchev–Trinajstić information content (AvgIpc) is 2.87. The smallest absolute Gasteiger partial charge is 0.262 e. The van der Waals surface area contributed by atoms with Crippen LogP contribution >= 0.6 is 0 Å². The molecule has 10 heteroatoms. The van der Waals surface area contributed by atoms with Crippen molar-refractivity contribution in [2.24, 2.45) is 0 Å². The van der Waals surface area contributed by atoms with Crippen molar-refractivity contribution < 1.29 is 30.0 Å². The number of nitrogens with one attached hydrogen (secondary N) is 1. The normalized spacial score (nSPS) is 28.1. The highest BCUT2D eigenvalue weighted by Crippen LogP contribution is 2.25. The molecule has 0 aromatic heterocycles. The largest absolute Gasteiger partial charge is 0.394 e. The van der Waals surface area contributed by atoms with E-state index in [2.05, 4.69) is 34.3 Å². The van der Waals surface area contributed by atoms with Crippen molar-refractivity contribution in [3.05, 3.63) is 47.5 Å². The van der Waals surface area contributed by atoms with Crippen molar-refractivity contribution in [1.29, 1.82) is 5.26 Å². The number of ether oxygens (including phenoxy) is 1. The van der Waals surface area contributed by atoms with E-state index in [0.29, 0.717) is 5.56 Å². The van der Waals surface area contributed by atoms with Gasteiger partial charge in [0.2, 0.25) is 0 Å². The summed E-state index contributed by atoms with van der Waals surface area (Å²) in [4.78, 5) is 17.3. The lowest BCUT2D eigenvalue weighted by Gasteiger charge is -2.40. The lowest BCUT2D eigenvalue weighted by molar-refractivity contribution is -0.253. The number of carbonyl (C=O) groups excluding carboxylic acids is 1. The van der Waals surface area contributed by atoms with Crippen LogP contribution in [0.3, 0.4) is 0 Å². The van der Waals surface area contributed by atoms with E-state index in [9.17, 15) is 30.5 Å². The molecule has 2 fully saturated rings. The summed E-state index contributed by atoms with van der Waals surface area (Å²) in [6, 6.07) is 12.3. The Morgan fingerprint density at radius 3 is 2.49 bits per heavy atom. The topological polar surface area (TPSA) is 150 Å². The molecule has 1 amide bonds. The first-order valence-electron chi connectivity index (χ1n) is 11.5. The van der Waals surface area contributed by atoms with E-state index in [1.165, 1.54) is 6.08 Å². The van der Waals surface area contributed by atoms with Gasteiger partial charge in [-0.1, -0.05) is 18.2 Å². The lowest BCUT2D eigenvalue weighted by Crippen LogP contribution is -2.64. The first kappa shape index (κ1) is 25.1. The van der Waals surface area contributed by atoms with Crippen molar-refractivity contribution in [2.75, 3.05) is 44.7 Å². The molecule has 0 radical (unpaired) electrons. The SMILES string of the molecule is CN1CCN(c2ccc3cc(/C=C(\C#N)C(=O)N[C@H]4C(O)O[C@H](CO)[C@@H](O)[C@@H]4O)ccc3c2)CC1. The third-order valence-corrected chi connectivity index (χ3v) is 6.59. The van der Waals surface area contributed by atoms with Crippen LogP contribution in [0.2, 0.25) is 0 Å². The molecule has 10 nitrogen and oxygen atoms in total. The number of amides is 1. The van der Waals surface area contributed by atoms with Gasteiger partial charge in [-0.25, -0.2) is 0 Å². The fraction of sp³-hybridized carbons (Fsp3) is 0.440. The summed E-state index contributed by atoms with van der Waals surface area (Å²) in [5.41, 5.74) is 1.55. The van der Waals surface area contributed by atoms with Gasteiger partial charge in [0.25, 0.3) is 5.91 Å². The first-order chi connectivity index (χ1) is 16.8. The molecule has 5 N–H and O–H groups in total. The Morgan fingerprint density at radius 1 is 1.11 bits per heavy atom. The number of hydrogen-bond donors (Lipinski definition) is 5. The van der Waals surface area contributed by atoms with Crippen LogP contribution in [-0.2, 0) is 9.53 Å². The molecule has 2 heterocycles. The number of piperazine rings is 1. The minimum atomic E-state index is -1.66. The van der Waals surface area contributed by atoms with Crippen LogP contribution in [-0.4, -0.2) is 102 Å². The summed E-state index contributed by atoms with van der Waals surface area (Å²) in [5, 5.41) is 53.4. The second-order valence-electron chi connectivity index (χ2n) is 8.98. The molecule has 2 aromatic carbocycles. The van der Waals surface area contributed by atoms with Gasteiger partial charge in [-0.2, -0.15) is 5.26 Å². The molecule has 2 aliphatic heterocycles. The zero-order chi connectivity index (χ0) is 25.1. The highest BCUT2D eigenvalue weighted by Gasteiger charge is 2.44. The summed E-state index contributed by atoms with van der Waals surface area (Å²) >= 11 is 0. The molecule has 4 rings (SSSR count). The number of nitrogens with zero attached hydrogens (tertiary/aromatic N) is 3. The maximum absolute atomic E-state index is 12.7. The minimum absolute atomic E-state index is 0.239. The second-order valence-corrected chi connectivity index (χ2v) is 8.98. The van der Waals surface area contributed by atoms with Gasteiger partial charge in [-0.3, -0.25) is 4.79 Å². The number of anilines is 1. The average molecular weight is 483 g/mol. The van der Waals surface area contributed by atoms with Gasteiger partial charge in [0.05, 0.1) is 6.61 Å². The van der Waals surface area contributed by atoms with Crippen molar-refractivity contribution in [2.45, 2.75) is 30.6 Å². The number of benzene rings is 2. The predicted octanol–water partition coefficient (Wildman–Crippen LogP) is -0.585. The van der Waals surface area contributed by atoms with Crippen LogP contribution < -0.4 is 10.2 Å². The van der Waals surface area contributed by atoms with E-state index in [4.69, 9.17) is 4.74 Å². The Hall–Kier alpha value is -3.04. The van der Waals surface area contributed by atoms with Crippen LogP contribution in [0.4, 0.5) is 5.69 Å². The maximum atomic E-state index is 12.7. The molecule has 35 heavy (non-hydrogen) atoms. The number of carbonyl (C=O) groups is 1. The molecule has 0 spiro atoms. The van der Waals surface area contributed by atoms with E-state index < -0.39 is 43.2 Å². The van der Waals surface area contributed by atoms with Gasteiger partial charge >= 0.3 is 0 Å². The summed E-state index contributed by atoms with van der Waals surface area (Å²) in [6.45, 7) is 3.36. The van der Waals surface area contributed by atoms with Gasteiger partial charge in [0, 0.05) is 31.9 Å². The van der Waals surface area contributed by atoms with Gasteiger partial charge < -0.3 is 40.3 Å². The van der Waals surface area contributed by atoms with E-state index in [1.807, 2.05) is 30.3 Å². The quantitative estimate of drug-likeness (QED) is 0.279. The van der Waals surface area contributed by atoms with E-state index in [-0.39, 0.29) is 5.57 Å². The standard InChI is InChI=1S/C25H30N4O6/c1-28-6-8-29(9-7-28)19-5-4-16-10-15(2-3-17(16)12-19)11-18(13-26)24(33)27-21-23(32)22(31)20(14-30)35-25(21)34/h2-5,10-12,20-23,25,30-32,34H,6-9,14H2,1H3,(H,27,33)/b18-11+/t20-,21-,22-,23-,25?/m1/s1. The molecule has 2 aromatic rings. The van der Waals surface area contributed by atoms with Gasteiger partial charge in [-0.15, -0.1) is 0 Å². The molecule has 186 valence electrons. The highest BCUT2D eigenvalue weighted by molar-refractivity contribution is 6.02. The van der Waals surface area contributed by atoms with E-state index >= 15 is 0 Å². The summed E-state index contributed by atoms with van der Waals surface area (Å²) in [6.07, 6.45) is -4.54. The number of aliphatic hydroxyl groups excluding tert-OH is 4. The van der Waals surface area contributed by atoms with E-state index in [0.717, 1.165) is 42.6 Å². The van der Waals surface area contributed by atoms with E-state index in [1.54, 1.807) is 0 Å².